The van der Waals surface area contributed by atoms with Crippen LogP contribution in [0.1, 0.15) is 0 Å². The van der Waals surface area contributed by atoms with Crippen molar-refractivity contribution in [2.45, 2.75) is 0 Å². The lowest BCUT2D eigenvalue weighted by atomic mass is 10.2. The van der Waals surface area contributed by atoms with Gasteiger partial charge in [0.1, 0.15) is 0 Å². The molecule has 7 heteroatoms. The largest absolute Gasteiger partial charge is 0.453 e. The Labute approximate surface area is 194 Å². The molecule has 0 fully saturated rings. The quantitative estimate of drug-likeness (QED) is 0.270. The summed E-state index contributed by atoms with van der Waals surface area (Å²) in [6, 6.07) is 31.8. The van der Waals surface area contributed by atoms with Crippen molar-refractivity contribution in [2.24, 2.45) is 0 Å². The maximum atomic E-state index is 6.13. The van der Waals surface area contributed by atoms with Crippen LogP contribution < -0.4 is 19.3 Å². The van der Waals surface area contributed by atoms with Crippen LogP contribution in [0, 0.1) is 0 Å². The molecule has 0 radical (unpaired) electrons. The first kappa shape index (κ1) is 18.2. The third-order valence-electron chi connectivity index (χ3n) is 5.66. The third kappa shape index (κ3) is 2.79. The van der Waals surface area contributed by atoms with Gasteiger partial charge in [0, 0.05) is 11.5 Å². The molecular weight excluding hydrogens is 432 g/mol. The molecule has 0 amide bonds. The Balaban J connectivity index is 1.39. The second-order valence-electron chi connectivity index (χ2n) is 7.62. The Bertz CT molecular complexity index is 1310. The molecule has 0 saturated heterocycles. The third-order valence-corrected chi connectivity index (χ3v) is 6.35. The first-order chi connectivity index (χ1) is 16.4. The summed E-state index contributed by atoms with van der Waals surface area (Å²) in [5.74, 6) is 3.72. The van der Waals surface area contributed by atoms with Crippen molar-refractivity contribution in [3.63, 3.8) is 0 Å². The van der Waals surface area contributed by atoms with Gasteiger partial charge >= 0.3 is 0 Å². The molecule has 0 N–H and O–H groups in total. The van der Waals surface area contributed by atoms with Crippen LogP contribution in [-0.4, -0.2) is 9.36 Å². The Hall–Kier alpha value is -4.36. The van der Waals surface area contributed by atoms with Crippen LogP contribution in [0.15, 0.2) is 97.1 Å². The van der Waals surface area contributed by atoms with E-state index < -0.39 is 0 Å². The molecule has 0 aliphatic carbocycles. The van der Waals surface area contributed by atoms with Gasteiger partial charge in [-0.2, -0.15) is 9.36 Å². The van der Waals surface area contributed by atoms with Crippen molar-refractivity contribution in [3.8, 4) is 23.0 Å². The first-order valence-corrected chi connectivity index (χ1v) is 11.3. The minimum Gasteiger partial charge on any atom is -0.453 e. The van der Waals surface area contributed by atoms with Crippen molar-refractivity contribution >= 4 is 45.4 Å². The van der Waals surface area contributed by atoms with Crippen LogP contribution in [0.3, 0.4) is 0 Å². The average Bonchev–Trinajstić information content (AvgIpc) is 3.35. The predicted octanol–water partition coefficient (Wildman–Crippen LogP) is 7.69. The average molecular weight is 449 g/mol. The number of ether oxygens (including phenoxy) is 2. The highest BCUT2D eigenvalue weighted by Gasteiger charge is 2.31. The zero-order chi connectivity index (χ0) is 21.8. The zero-order valence-electron chi connectivity index (χ0n) is 17.3. The summed E-state index contributed by atoms with van der Waals surface area (Å²) < 4.78 is 17.0. The monoisotopic (exact) mass is 448 g/mol. The summed E-state index contributed by atoms with van der Waals surface area (Å²) in [6.07, 6.45) is 0. The maximum Gasteiger partial charge on any atom is 0.248 e. The van der Waals surface area contributed by atoms with Crippen LogP contribution in [0.5, 0.6) is 23.0 Å². The van der Waals surface area contributed by atoms with Gasteiger partial charge in [-0.15, -0.1) is 0 Å². The van der Waals surface area contributed by atoms with Gasteiger partial charge in [-0.05, 0) is 48.5 Å². The number of aromatic nitrogens is 2. The minimum atomic E-state index is 0.597. The molecule has 0 bridgehead atoms. The molecule has 3 heterocycles. The highest BCUT2D eigenvalue weighted by atomic mass is 32.1. The molecular formula is C26H16N4O2S. The molecule has 2 aliphatic heterocycles. The second kappa shape index (κ2) is 7.08. The van der Waals surface area contributed by atoms with E-state index in [2.05, 4.69) is 4.90 Å². The summed E-state index contributed by atoms with van der Waals surface area (Å²) in [5.41, 5.74) is 3.68. The van der Waals surface area contributed by atoms with Crippen LogP contribution >= 0.6 is 11.5 Å². The fraction of sp³-hybridized carbons (Fsp3) is 0. The normalized spacial score (nSPS) is 13.2. The molecule has 5 aromatic rings. The lowest BCUT2D eigenvalue weighted by Crippen LogP contribution is -2.18. The maximum absolute atomic E-state index is 6.13. The molecule has 33 heavy (non-hydrogen) atoms. The van der Waals surface area contributed by atoms with E-state index in [0.717, 1.165) is 50.9 Å². The lowest BCUT2D eigenvalue weighted by molar-refractivity contribution is 0.476. The Morgan fingerprint density at radius 3 is 1.36 bits per heavy atom. The number of benzene rings is 4. The van der Waals surface area contributed by atoms with Crippen LogP contribution in [0.4, 0.5) is 33.8 Å². The Kier molecular flexibility index (Phi) is 3.91. The van der Waals surface area contributed by atoms with E-state index in [-0.39, 0.29) is 0 Å². The molecule has 6 nitrogen and oxygen atoms in total. The van der Waals surface area contributed by atoms with Crippen molar-refractivity contribution in [3.05, 3.63) is 97.1 Å². The lowest BCUT2D eigenvalue weighted by Gasteiger charge is -2.31. The highest BCUT2D eigenvalue weighted by Crippen LogP contribution is 2.53. The summed E-state index contributed by atoms with van der Waals surface area (Å²) >= 11 is 1.35. The molecule has 0 saturated carbocycles. The van der Waals surface area contributed by atoms with Gasteiger partial charge < -0.3 is 9.47 Å². The van der Waals surface area contributed by atoms with Gasteiger partial charge in [0.25, 0.3) is 0 Å². The number of nitrogens with zero attached hydrogens (tertiary/aromatic N) is 4. The van der Waals surface area contributed by atoms with Crippen LogP contribution in [0.25, 0.3) is 0 Å². The molecule has 2 aliphatic rings. The first-order valence-electron chi connectivity index (χ1n) is 10.5. The molecule has 0 atom stereocenters. The molecule has 7 rings (SSSR count). The molecule has 158 valence electrons. The number of para-hydroxylation sites is 8. The molecule has 1 aromatic heterocycles. The molecule has 0 unspecified atom stereocenters. The number of fused-ring (bicyclic) bond motifs is 4. The summed E-state index contributed by atoms with van der Waals surface area (Å²) in [6.45, 7) is 0. The second-order valence-corrected chi connectivity index (χ2v) is 8.35. The fourth-order valence-electron chi connectivity index (χ4n) is 4.22. The predicted molar refractivity (Wildman–Crippen MR) is 129 cm³/mol. The minimum absolute atomic E-state index is 0.597. The Morgan fingerprint density at radius 1 is 0.515 bits per heavy atom. The summed E-state index contributed by atoms with van der Waals surface area (Å²) in [5, 5.41) is 0.759. The van der Waals surface area contributed by atoms with Gasteiger partial charge in [-0.25, -0.2) is 0 Å². The topological polar surface area (TPSA) is 50.7 Å². The van der Waals surface area contributed by atoms with E-state index >= 15 is 0 Å². The van der Waals surface area contributed by atoms with Crippen molar-refractivity contribution < 1.29 is 9.47 Å². The smallest absolute Gasteiger partial charge is 0.248 e. The van der Waals surface area contributed by atoms with Gasteiger partial charge in [0.05, 0.1) is 22.7 Å². The van der Waals surface area contributed by atoms with Gasteiger partial charge in [-0.1, -0.05) is 48.5 Å². The molecule has 0 spiro atoms. The summed E-state index contributed by atoms with van der Waals surface area (Å²) in [7, 11) is 0. The van der Waals surface area contributed by atoms with Crippen molar-refractivity contribution in [1.29, 1.82) is 0 Å². The van der Waals surface area contributed by atoms with Crippen molar-refractivity contribution in [2.75, 3.05) is 9.80 Å². The van der Waals surface area contributed by atoms with Gasteiger partial charge in [0.2, 0.25) is 11.1 Å². The molecule has 4 aromatic carbocycles. The van der Waals surface area contributed by atoms with E-state index in [1.807, 2.05) is 102 Å². The van der Waals surface area contributed by atoms with Crippen LogP contribution in [-0.2, 0) is 0 Å². The zero-order valence-corrected chi connectivity index (χ0v) is 18.1. The van der Waals surface area contributed by atoms with Gasteiger partial charge in [0.15, 0.2) is 23.0 Å². The number of anilines is 6. The number of rotatable bonds is 2. The Morgan fingerprint density at radius 2 is 0.909 bits per heavy atom. The van der Waals surface area contributed by atoms with Crippen LogP contribution in [0.2, 0.25) is 0 Å². The van der Waals surface area contributed by atoms with E-state index in [1.54, 1.807) is 0 Å². The highest BCUT2D eigenvalue weighted by molar-refractivity contribution is 7.10. The standard InChI is InChI=1S/C26H16N4O2S/c1-5-13-21-17(9-1)29(18-10-2-6-14-22(18)31-21)25-27-26(33-28-25)30-19-11-3-7-15-23(19)32-24-16-8-4-12-20(24)30/h1-16H. The van der Waals surface area contributed by atoms with E-state index in [4.69, 9.17) is 18.8 Å². The number of hydrogen-bond donors (Lipinski definition) is 0. The van der Waals surface area contributed by atoms with E-state index in [0.29, 0.717) is 5.95 Å². The van der Waals surface area contributed by atoms with Gasteiger partial charge in [-0.3, -0.25) is 9.80 Å². The summed E-state index contributed by atoms with van der Waals surface area (Å²) in [4.78, 5) is 9.15. The van der Waals surface area contributed by atoms with Crippen molar-refractivity contribution in [1.82, 2.24) is 9.36 Å². The van der Waals surface area contributed by atoms with E-state index in [1.165, 1.54) is 11.5 Å². The number of hydrogen-bond acceptors (Lipinski definition) is 7. The SMILES string of the molecule is c1ccc2c(c1)Oc1ccccc1N2c1nsc(N2c3ccccc3Oc3ccccc32)n1. The van der Waals surface area contributed by atoms with E-state index in [9.17, 15) is 0 Å². The fourth-order valence-corrected chi connectivity index (χ4v) is 4.91.